The summed E-state index contributed by atoms with van der Waals surface area (Å²) in [6.45, 7) is -0.118. The zero-order chi connectivity index (χ0) is 21.5. The van der Waals surface area contributed by atoms with E-state index < -0.39 is 0 Å². The van der Waals surface area contributed by atoms with Gasteiger partial charge in [-0.15, -0.1) is 0 Å². The molecular weight excluding hydrogens is 503 g/mol. The number of benzene rings is 3. The fourth-order valence-electron chi connectivity index (χ4n) is 2.90. The minimum absolute atomic E-state index is 0.118. The third-order valence-electron chi connectivity index (χ3n) is 4.39. The molecule has 0 aliphatic carbocycles. The smallest absolute Gasteiger partial charge is 0.277 e. The molecule has 1 N–H and O–H groups in total. The highest BCUT2D eigenvalue weighted by Gasteiger charge is 2.11. The Morgan fingerprint density at radius 1 is 1.00 bits per heavy atom. The van der Waals surface area contributed by atoms with Gasteiger partial charge in [-0.1, -0.05) is 48.5 Å². The van der Waals surface area contributed by atoms with Crippen molar-refractivity contribution in [2.75, 3.05) is 6.61 Å². The van der Waals surface area contributed by atoms with Crippen LogP contribution in [0.2, 0.25) is 0 Å². The Morgan fingerprint density at radius 3 is 2.39 bits per heavy atom. The lowest BCUT2D eigenvalue weighted by Gasteiger charge is -2.04. The number of rotatable bonds is 7. The molecule has 4 rings (SSSR count). The van der Waals surface area contributed by atoms with Gasteiger partial charge < -0.3 is 4.74 Å². The molecule has 0 saturated heterocycles. The van der Waals surface area contributed by atoms with Gasteiger partial charge in [-0.25, -0.2) is 10.1 Å². The van der Waals surface area contributed by atoms with Gasteiger partial charge in [-0.05, 0) is 59.0 Å². The van der Waals surface area contributed by atoms with Crippen LogP contribution in [0.5, 0.6) is 5.75 Å². The van der Waals surface area contributed by atoms with Crippen LogP contribution in [0.25, 0.3) is 16.9 Å². The van der Waals surface area contributed by atoms with Crippen molar-refractivity contribution in [1.29, 1.82) is 0 Å². The van der Waals surface area contributed by atoms with E-state index in [0.29, 0.717) is 5.75 Å². The quantitative estimate of drug-likeness (QED) is 0.218. The van der Waals surface area contributed by atoms with Gasteiger partial charge in [-0.2, -0.15) is 10.2 Å². The topological polar surface area (TPSA) is 68.5 Å². The monoisotopic (exact) mass is 522 g/mol. The molecular formula is C24H19IN4O2. The standard InChI is InChI=1S/C24H19IN4O2/c25-20-11-13-22(14-12-20)31-17-23(30)27-26-15-19-16-29(21-9-5-2-6-10-21)28-24(19)18-7-3-1-4-8-18/h1-16H,17H2,(H,27,30). The van der Waals surface area contributed by atoms with E-state index in [1.165, 1.54) is 0 Å². The molecule has 0 spiro atoms. The first-order valence-corrected chi connectivity index (χ1v) is 10.7. The van der Waals surface area contributed by atoms with Gasteiger partial charge in [-0.3, -0.25) is 4.79 Å². The summed E-state index contributed by atoms with van der Waals surface area (Å²) in [6, 6.07) is 27.2. The second kappa shape index (κ2) is 10.0. The molecule has 1 heterocycles. The number of hydrazone groups is 1. The minimum Gasteiger partial charge on any atom is -0.484 e. The summed E-state index contributed by atoms with van der Waals surface area (Å²) >= 11 is 2.21. The maximum Gasteiger partial charge on any atom is 0.277 e. The van der Waals surface area contributed by atoms with E-state index in [1.54, 1.807) is 10.9 Å². The van der Waals surface area contributed by atoms with Crippen LogP contribution in [0.15, 0.2) is 96.2 Å². The average Bonchev–Trinajstić information content (AvgIpc) is 3.24. The number of hydrogen-bond acceptors (Lipinski definition) is 4. The molecule has 0 aliphatic rings. The second-order valence-electron chi connectivity index (χ2n) is 6.61. The SMILES string of the molecule is O=C(COc1ccc(I)cc1)NN=Cc1cn(-c2ccccc2)nc1-c1ccccc1. The van der Waals surface area contributed by atoms with E-state index >= 15 is 0 Å². The van der Waals surface area contributed by atoms with Crippen LogP contribution in [0.4, 0.5) is 0 Å². The van der Waals surface area contributed by atoms with Gasteiger partial charge in [0.1, 0.15) is 11.4 Å². The van der Waals surface area contributed by atoms with Crippen molar-refractivity contribution in [2.24, 2.45) is 5.10 Å². The van der Waals surface area contributed by atoms with E-state index in [9.17, 15) is 4.79 Å². The maximum atomic E-state index is 12.1. The fraction of sp³-hybridized carbons (Fsp3) is 0.0417. The molecule has 0 saturated carbocycles. The number of aromatic nitrogens is 2. The van der Waals surface area contributed by atoms with Crippen molar-refractivity contribution in [2.45, 2.75) is 0 Å². The zero-order valence-electron chi connectivity index (χ0n) is 16.5. The van der Waals surface area contributed by atoms with E-state index in [4.69, 9.17) is 9.84 Å². The summed E-state index contributed by atoms with van der Waals surface area (Å²) < 4.78 is 8.37. The predicted molar refractivity (Wildman–Crippen MR) is 129 cm³/mol. The molecule has 31 heavy (non-hydrogen) atoms. The van der Waals surface area contributed by atoms with Crippen LogP contribution in [0, 0.1) is 3.57 Å². The Balaban J connectivity index is 1.47. The number of carbonyl (C=O) groups excluding carboxylic acids is 1. The zero-order valence-corrected chi connectivity index (χ0v) is 18.6. The van der Waals surface area contributed by atoms with Gasteiger partial charge in [0.2, 0.25) is 0 Å². The molecule has 1 amide bonds. The van der Waals surface area contributed by atoms with Gasteiger partial charge in [0.05, 0.1) is 11.9 Å². The molecule has 0 bridgehead atoms. The fourth-order valence-corrected chi connectivity index (χ4v) is 3.26. The number of nitrogens with zero attached hydrogens (tertiary/aromatic N) is 3. The molecule has 0 radical (unpaired) electrons. The Morgan fingerprint density at radius 2 is 1.68 bits per heavy atom. The Hall–Kier alpha value is -3.46. The summed E-state index contributed by atoms with van der Waals surface area (Å²) in [6.07, 6.45) is 3.48. The lowest BCUT2D eigenvalue weighted by atomic mass is 10.1. The first kappa shape index (κ1) is 20.8. The molecule has 0 aliphatic heterocycles. The highest BCUT2D eigenvalue weighted by atomic mass is 127. The average molecular weight is 522 g/mol. The molecule has 0 unspecified atom stereocenters. The largest absolute Gasteiger partial charge is 0.484 e. The van der Waals surface area contributed by atoms with E-state index in [0.717, 1.165) is 26.1 Å². The lowest BCUT2D eigenvalue weighted by molar-refractivity contribution is -0.123. The summed E-state index contributed by atoms with van der Waals surface area (Å²) in [4.78, 5) is 12.1. The van der Waals surface area contributed by atoms with Gasteiger partial charge in [0, 0.05) is 20.9 Å². The van der Waals surface area contributed by atoms with E-state index in [1.807, 2.05) is 91.1 Å². The number of halogens is 1. The van der Waals surface area contributed by atoms with Gasteiger partial charge >= 0.3 is 0 Å². The molecule has 6 nitrogen and oxygen atoms in total. The molecule has 3 aromatic carbocycles. The summed E-state index contributed by atoms with van der Waals surface area (Å²) in [7, 11) is 0. The van der Waals surface area contributed by atoms with Crippen LogP contribution in [0.1, 0.15) is 5.56 Å². The van der Waals surface area contributed by atoms with E-state index in [2.05, 4.69) is 33.1 Å². The number of ether oxygens (including phenoxy) is 1. The number of hydrogen-bond donors (Lipinski definition) is 1. The number of amides is 1. The third kappa shape index (κ3) is 5.58. The summed E-state index contributed by atoms with van der Waals surface area (Å²) in [5, 5.41) is 8.82. The van der Waals surface area contributed by atoms with Crippen LogP contribution < -0.4 is 10.2 Å². The van der Waals surface area contributed by atoms with Crippen LogP contribution in [0.3, 0.4) is 0 Å². The van der Waals surface area contributed by atoms with Crippen molar-refractivity contribution in [3.8, 4) is 22.7 Å². The predicted octanol–water partition coefficient (Wildman–Crippen LogP) is 4.67. The lowest BCUT2D eigenvalue weighted by Crippen LogP contribution is -2.24. The molecule has 0 fully saturated rings. The Kier molecular flexibility index (Phi) is 6.73. The Bertz CT molecular complexity index is 1170. The summed E-state index contributed by atoms with van der Waals surface area (Å²) in [5.74, 6) is 0.293. The highest BCUT2D eigenvalue weighted by Crippen LogP contribution is 2.22. The van der Waals surface area contributed by atoms with Crippen LogP contribution >= 0.6 is 22.6 Å². The van der Waals surface area contributed by atoms with Crippen LogP contribution in [-0.2, 0) is 4.79 Å². The second-order valence-corrected chi connectivity index (χ2v) is 7.86. The van der Waals surface area contributed by atoms with Crippen molar-refractivity contribution in [1.82, 2.24) is 15.2 Å². The molecule has 1 aromatic heterocycles. The molecule has 0 atom stereocenters. The molecule has 4 aromatic rings. The van der Waals surface area contributed by atoms with Gasteiger partial charge in [0.15, 0.2) is 6.61 Å². The van der Waals surface area contributed by atoms with Crippen molar-refractivity contribution in [3.63, 3.8) is 0 Å². The van der Waals surface area contributed by atoms with Gasteiger partial charge in [0.25, 0.3) is 5.91 Å². The highest BCUT2D eigenvalue weighted by molar-refractivity contribution is 14.1. The van der Waals surface area contributed by atoms with Crippen molar-refractivity contribution >= 4 is 34.7 Å². The normalized spacial score (nSPS) is 10.9. The first-order valence-electron chi connectivity index (χ1n) is 9.60. The van der Waals surface area contributed by atoms with Crippen molar-refractivity contribution < 1.29 is 9.53 Å². The number of nitrogens with one attached hydrogen (secondary N) is 1. The summed E-state index contributed by atoms with van der Waals surface area (Å²) in [5.41, 5.74) is 5.97. The minimum atomic E-state index is -0.341. The molecule has 7 heteroatoms. The van der Waals surface area contributed by atoms with Crippen molar-refractivity contribution in [3.05, 3.63) is 100 Å². The molecule has 154 valence electrons. The Labute approximate surface area is 193 Å². The number of para-hydroxylation sites is 1. The number of carbonyl (C=O) groups is 1. The van der Waals surface area contributed by atoms with Crippen LogP contribution in [-0.4, -0.2) is 28.5 Å². The maximum absolute atomic E-state index is 12.1. The van der Waals surface area contributed by atoms with E-state index in [-0.39, 0.29) is 12.5 Å². The first-order chi connectivity index (χ1) is 15.2. The third-order valence-corrected chi connectivity index (χ3v) is 5.11.